The van der Waals surface area contributed by atoms with E-state index in [-0.39, 0.29) is 5.91 Å². The first-order valence-corrected chi connectivity index (χ1v) is 10.7. The van der Waals surface area contributed by atoms with E-state index in [0.29, 0.717) is 18.5 Å². The molecular formula is C22H33F3N2O2. The molecule has 2 N–H and O–H groups in total. The van der Waals surface area contributed by atoms with Crippen LogP contribution in [-0.2, 0) is 11.0 Å². The first kappa shape index (κ1) is 23.7. The van der Waals surface area contributed by atoms with Gasteiger partial charge in [-0.25, -0.2) is 0 Å². The van der Waals surface area contributed by atoms with Gasteiger partial charge in [0, 0.05) is 13.0 Å². The molecule has 1 aliphatic rings. The number of aliphatic hydroxyl groups excluding tert-OH is 1. The number of aliphatic hydroxyl groups is 1. The molecule has 1 heterocycles. The SMILES string of the molecule is CCCCCCCC(=O)NC(CN1CCCC1)C(O)c1ccc(C(F)(F)F)cc1. The Morgan fingerprint density at radius 3 is 2.31 bits per heavy atom. The molecule has 2 unspecified atom stereocenters. The molecular weight excluding hydrogens is 381 g/mol. The van der Waals surface area contributed by atoms with Gasteiger partial charge in [-0.2, -0.15) is 13.2 Å². The highest BCUT2D eigenvalue weighted by molar-refractivity contribution is 5.76. The maximum Gasteiger partial charge on any atom is 0.416 e. The van der Waals surface area contributed by atoms with Gasteiger partial charge in [-0.1, -0.05) is 44.7 Å². The number of unbranched alkanes of at least 4 members (excludes halogenated alkanes) is 4. The first-order chi connectivity index (χ1) is 13.8. The van der Waals surface area contributed by atoms with Gasteiger partial charge in [0.25, 0.3) is 0 Å². The van der Waals surface area contributed by atoms with E-state index in [1.165, 1.54) is 12.1 Å². The summed E-state index contributed by atoms with van der Waals surface area (Å²) in [6.45, 7) is 4.44. The molecule has 1 saturated heterocycles. The Balaban J connectivity index is 1.99. The first-order valence-electron chi connectivity index (χ1n) is 10.7. The normalized spacial score (nSPS) is 17.3. The van der Waals surface area contributed by atoms with Crippen molar-refractivity contribution in [3.8, 4) is 0 Å². The zero-order valence-electron chi connectivity index (χ0n) is 17.2. The van der Waals surface area contributed by atoms with Crippen molar-refractivity contribution in [2.24, 2.45) is 0 Å². The Morgan fingerprint density at radius 1 is 1.10 bits per heavy atom. The number of carbonyl (C=O) groups excluding carboxylic acids is 1. The van der Waals surface area contributed by atoms with E-state index in [1.807, 2.05) is 0 Å². The predicted molar refractivity (Wildman–Crippen MR) is 107 cm³/mol. The van der Waals surface area contributed by atoms with Crippen LogP contribution in [0.15, 0.2) is 24.3 Å². The van der Waals surface area contributed by atoms with E-state index in [1.54, 1.807) is 0 Å². The smallest absolute Gasteiger partial charge is 0.386 e. The van der Waals surface area contributed by atoms with Crippen LogP contribution in [0.2, 0.25) is 0 Å². The maximum atomic E-state index is 12.8. The third kappa shape index (κ3) is 7.97. The predicted octanol–water partition coefficient (Wildman–Crippen LogP) is 4.68. The van der Waals surface area contributed by atoms with Crippen molar-refractivity contribution < 1.29 is 23.1 Å². The van der Waals surface area contributed by atoms with Crippen LogP contribution in [-0.4, -0.2) is 41.6 Å². The molecule has 2 rings (SSSR count). The molecule has 0 aromatic heterocycles. The van der Waals surface area contributed by atoms with Gasteiger partial charge >= 0.3 is 6.18 Å². The molecule has 29 heavy (non-hydrogen) atoms. The van der Waals surface area contributed by atoms with Crippen molar-refractivity contribution in [2.45, 2.75) is 76.6 Å². The Bertz CT molecular complexity index is 613. The Hall–Kier alpha value is -1.60. The van der Waals surface area contributed by atoms with Crippen LogP contribution in [0.3, 0.4) is 0 Å². The molecule has 1 amide bonds. The van der Waals surface area contributed by atoms with Crippen LogP contribution in [0.4, 0.5) is 13.2 Å². The number of rotatable bonds is 11. The van der Waals surface area contributed by atoms with Crippen LogP contribution >= 0.6 is 0 Å². The van der Waals surface area contributed by atoms with Crippen LogP contribution in [0.5, 0.6) is 0 Å². The molecule has 0 bridgehead atoms. The number of halogens is 3. The van der Waals surface area contributed by atoms with Crippen molar-refractivity contribution in [3.63, 3.8) is 0 Å². The zero-order valence-corrected chi connectivity index (χ0v) is 17.2. The fourth-order valence-corrected chi connectivity index (χ4v) is 3.74. The number of hydrogen-bond donors (Lipinski definition) is 2. The topological polar surface area (TPSA) is 52.6 Å². The average molecular weight is 415 g/mol. The van der Waals surface area contributed by atoms with Crippen LogP contribution < -0.4 is 5.32 Å². The minimum Gasteiger partial charge on any atom is -0.386 e. The summed E-state index contributed by atoms with van der Waals surface area (Å²) >= 11 is 0. The lowest BCUT2D eigenvalue weighted by atomic mass is 9.99. The van der Waals surface area contributed by atoms with Crippen LogP contribution in [0.1, 0.15) is 75.5 Å². The number of hydrogen-bond acceptors (Lipinski definition) is 3. The zero-order chi connectivity index (χ0) is 21.3. The van der Waals surface area contributed by atoms with Crippen molar-refractivity contribution >= 4 is 5.91 Å². The van der Waals surface area contributed by atoms with Crippen LogP contribution in [0, 0.1) is 0 Å². The van der Waals surface area contributed by atoms with E-state index in [2.05, 4.69) is 17.1 Å². The highest BCUT2D eigenvalue weighted by Gasteiger charge is 2.31. The van der Waals surface area contributed by atoms with Crippen LogP contribution in [0.25, 0.3) is 0 Å². The lowest BCUT2D eigenvalue weighted by Crippen LogP contribution is -2.46. The van der Waals surface area contributed by atoms with Crippen molar-refractivity contribution in [3.05, 3.63) is 35.4 Å². The summed E-state index contributed by atoms with van der Waals surface area (Å²) in [5, 5.41) is 13.7. The summed E-state index contributed by atoms with van der Waals surface area (Å²) in [5.41, 5.74) is -0.369. The van der Waals surface area contributed by atoms with Gasteiger partial charge in [-0.15, -0.1) is 0 Å². The molecule has 1 aromatic carbocycles. The molecule has 164 valence electrons. The summed E-state index contributed by atoms with van der Waals surface area (Å²) < 4.78 is 38.4. The number of likely N-dealkylation sites (tertiary alicyclic amines) is 1. The molecule has 4 nitrogen and oxygen atoms in total. The van der Waals surface area contributed by atoms with Gasteiger partial charge < -0.3 is 15.3 Å². The van der Waals surface area contributed by atoms with E-state index in [0.717, 1.165) is 70.2 Å². The number of nitrogens with zero attached hydrogens (tertiary/aromatic N) is 1. The van der Waals surface area contributed by atoms with Gasteiger partial charge in [0.1, 0.15) is 6.10 Å². The highest BCUT2D eigenvalue weighted by Crippen LogP contribution is 2.30. The average Bonchev–Trinajstić information content (AvgIpc) is 3.19. The number of amides is 1. The maximum absolute atomic E-state index is 12.8. The molecule has 7 heteroatoms. The molecule has 0 spiro atoms. The fraction of sp³-hybridized carbons (Fsp3) is 0.682. The molecule has 0 aliphatic carbocycles. The number of benzene rings is 1. The molecule has 0 saturated carbocycles. The largest absolute Gasteiger partial charge is 0.416 e. The van der Waals surface area contributed by atoms with Crippen molar-refractivity contribution in [1.82, 2.24) is 10.2 Å². The lowest BCUT2D eigenvalue weighted by Gasteiger charge is -2.29. The second-order valence-corrected chi connectivity index (χ2v) is 7.91. The number of nitrogens with one attached hydrogen (secondary N) is 1. The highest BCUT2D eigenvalue weighted by atomic mass is 19.4. The van der Waals surface area contributed by atoms with Gasteiger partial charge in [0.2, 0.25) is 5.91 Å². The minimum atomic E-state index is -4.41. The van der Waals surface area contributed by atoms with Gasteiger partial charge in [0.05, 0.1) is 11.6 Å². The van der Waals surface area contributed by atoms with Crippen molar-refractivity contribution in [2.75, 3.05) is 19.6 Å². The third-order valence-corrected chi connectivity index (χ3v) is 5.47. The Morgan fingerprint density at radius 2 is 1.72 bits per heavy atom. The summed E-state index contributed by atoms with van der Waals surface area (Å²) in [6, 6.07) is 3.98. The third-order valence-electron chi connectivity index (χ3n) is 5.47. The Kier molecular flexibility index (Phi) is 9.43. The minimum absolute atomic E-state index is 0.114. The van der Waals surface area contributed by atoms with Gasteiger partial charge in [0.15, 0.2) is 0 Å². The number of alkyl halides is 3. The number of carbonyl (C=O) groups is 1. The molecule has 1 fully saturated rings. The standard InChI is InChI=1S/C22H33F3N2O2/c1-2-3-4-5-6-9-20(28)26-19(16-27-14-7-8-15-27)21(29)17-10-12-18(13-11-17)22(23,24)25/h10-13,19,21,29H,2-9,14-16H2,1H3,(H,26,28). The Labute approximate surface area is 171 Å². The summed E-state index contributed by atoms with van der Waals surface area (Å²) in [6.07, 6.45) is 2.30. The molecule has 0 radical (unpaired) electrons. The second-order valence-electron chi connectivity index (χ2n) is 7.91. The van der Waals surface area contributed by atoms with E-state index in [4.69, 9.17) is 0 Å². The molecule has 1 aromatic rings. The van der Waals surface area contributed by atoms with Gasteiger partial charge in [-0.05, 0) is 50.0 Å². The van der Waals surface area contributed by atoms with E-state index >= 15 is 0 Å². The summed E-state index contributed by atoms with van der Waals surface area (Å²) in [5.74, 6) is -0.114. The summed E-state index contributed by atoms with van der Waals surface area (Å²) in [4.78, 5) is 14.6. The van der Waals surface area contributed by atoms with E-state index < -0.39 is 23.9 Å². The monoisotopic (exact) mass is 414 g/mol. The molecule has 1 aliphatic heterocycles. The quantitative estimate of drug-likeness (QED) is 0.517. The summed E-state index contributed by atoms with van der Waals surface area (Å²) in [7, 11) is 0. The van der Waals surface area contributed by atoms with Crippen molar-refractivity contribution in [1.29, 1.82) is 0 Å². The molecule has 2 atom stereocenters. The van der Waals surface area contributed by atoms with E-state index in [9.17, 15) is 23.1 Å². The fourth-order valence-electron chi connectivity index (χ4n) is 3.74. The second kappa shape index (κ2) is 11.6. The van der Waals surface area contributed by atoms with Gasteiger partial charge in [-0.3, -0.25) is 4.79 Å². The lowest BCUT2D eigenvalue weighted by molar-refractivity contribution is -0.137.